The van der Waals surface area contributed by atoms with Crippen LogP contribution in [0.1, 0.15) is 33.3 Å². The van der Waals surface area contributed by atoms with Crippen LogP contribution in [0.4, 0.5) is 8.78 Å². The minimum atomic E-state index is -0.649. The highest BCUT2D eigenvalue weighted by Gasteiger charge is 2.52. The SMILES string of the molecule is COc1ccc(OCc2cc(F)cc(F)c2)c(B2OC(C)(C)C(C)(C)O2)c1. The molecule has 144 valence electrons. The Labute approximate surface area is 158 Å². The Kier molecular flexibility index (Phi) is 5.19. The van der Waals surface area contributed by atoms with Crippen molar-refractivity contribution in [3.05, 3.63) is 53.6 Å². The molecule has 3 rings (SSSR count). The lowest BCUT2D eigenvalue weighted by Crippen LogP contribution is -2.41. The van der Waals surface area contributed by atoms with Gasteiger partial charge in [0.15, 0.2) is 0 Å². The highest BCUT2D eigenvalue weighted by atomic mass is 19.1. The second-order valence-electron chi connectivity index (χ2n) is 7.56. The van der Waals surface area contributed by atoms with E-state index in [4.69, 9.17) is 18.8 Å². The average Bonchev–Trinajstić information content (AvgIpc) is 2.79. The van der Waals surface area contributed by atoms with Gasteiger partial charge < -0.3 is 18.8 Å². The van der Waals surface area contributed by atoms with E-state index in [1.807, 2.05) is 27.7 Å². The standard InChI is InChI=1S/C20H23BF2O4/c1-19(2)20(3,4)27-21(26-19)17-11-16(24-5)6-7-18(17)25-12-13-8-14(22)10-15(23)9-13/h6-11H,12H2,1-5H3. The molecular weight excluding hydrogens is 353 g/mol. The fourth-order valence-corrected chi connectivity index (χ4v) is 2.79. The summed E-state index contributed by atoms with van der Waals surface area (Å²) < 4.78 is 50.1. The Morgan fingerprint density at radius 1 is 0.926 bits per heavy atom. The number of rotatable bonds is 5. The maximum atomic E-state index is 13.4. The van der Waals surface area contributed by atoms with Crippen LogP contribution in [-0.4, -0.2) is 25.4 Å². The summed E-state index contributed by atoms with van der Waals surface area (Å²) in [6, 6.07) is 8.56. The molecule has 1 fully saturated rings. The lowest BCUT2D eigenvalue weighted by atomic mass is 9.78. The maximum absolute atomic E-state index is 13.4. The third kappa shape index (κ3) is 4.09. The van der Waals surface area contributed by atoms with E-state index >= 15 is 0 Å². The number of hydrogen-bond donors (Lipinski definition) is 0. The van der Waals surface area contributed by atoms with E-state index < -0.39 is 30.0 Å². The summed E-state index contributed by atoms with van der Waals surface area (Å²) in [6.45, 7) is 7.85. The van der Waals surface area contributed by atoms with Gasteiger partial charge in [-0.3, -0.25) is 0 Å². The third-order valence-electron chi connectivity index (χ3n) is 5.04. The van der Waals surface area contributed by atoms with Crippen molar-refractivity contribution in [2.24, 2.45) is 0 Å². The molecule has 1 heterocycles. The van der Waals surface area contributed by atoms with Crippen molar-refractivity contribution >= 4 is 12.6 Å². The summed E-state index contributed by atoms with van der Waals surface area (Å²) in [5.41, 5.74) is 0.0287. The van der Waals surface area contributed by atoms with Crippen molar-refractivity contribution in [1.82, 2.24) is 0 Å². The number of ether oxygens (including phenoxy) is 2. The fraction of sp³-hybridized carbons (Fsp3) is 0.400. The van der Waals surface area contributed by atoms with Crippen LogP contribution in [0, 0.1) is 11.6 Å². The quantitative estimate of drug-likeness (QED) is 0.743. The van der Waals surface area contributed by atoms with E-state index in [1.54, 1.807) is 25.3 Å². The van der Waals surface area contributed by atoms with Gasteiger partial charge in [0.1, 0.15) is 29.7 Å². The molecular formula is C20H23BF2O4. The van der Waals surface area contributed by atoms with Gasteiger partial charge in [0, 0.05) is 11.5 Å². The molecule has 2 aromatic rings. The Morgan fingerprint density at radius 3 is 2.07 bits per heavy atom. The zero-order valence-corrected chi connectivity index (χ0v) is 16.1. The molecule has 0 atom stereocenters. The second-order valence-corrected chi connectivity index (χ2v) is 7.56. The molecule has 4 nitrogen and oxygen atoms in total. The lowest BCUT2D eigenvalue weighted by molar-refractivity contribution is 0.00578. The molecule has 0 radical (unpaired) electrons. The molecule has 0 aromatic heterocycles. The minimum Gasteiger partial charge on any atom is -0.497 e. The second kappa shape index (κ2) is 7.13. The van der Waals surface area contributed by atoms with Crippen LogP contribution in [0.25, 0.3) is 0 Å². The highest BCUT2D eigenvalue weighted by molar-refractivity contribution is 6.63. The molecule has 1 saturated heterocycles. The molecule has 0 amide bonds. The van der Waals surface area contributed by atoms with Crippen molar-refractivity contribution in [2.75, 3.05) is 7.11 Å². The average molecular weight is 376 g/mol. The largest absolute Gasteiger partial charge is 0.498 e. The first-order chi connectivity index (χ1) is 12.6. The Hall–Kier alpha value is -2.12. The summed E-state index contributed by atoms with van der Waals surface area (Å²) in [4.78, 5) is 0. The first-order valence-corrected chi connectivity index (χ1v) is 8.73. The minimum absolute atomic E-state index is 0.00745. The fourth-order valence-electron chi connectivity index (χ4n) is 2.79. The van der Waals surface area contributed by atoms with Gasteiger partial charge in [-0.15, -0.1) is 0 Å². The predicted molar refractivity (Wildman–Crippen MR) is 99.4 cm³/mol. The van der Waals surface area contributed by atoms with Gasteiger partial charge in [-0.1, -0.05) is 0 Å². The molecule has 0 bridgehead atoms. The number of halogens is 2. The summed E-state index contributed by atoms with van der Waals surface area (Å²) in [7, 11) is 0.920. The molecule has 1 aliphatic rings. The van der Waals surface area contributed by atoms with E-state index in [2.05, 4.69) is 0 Å². The normalized spacial score (nSPS) is 17.8. The van der Waals surface area contributed by atoms with Gasteiger partial charge in [-0.25, -0.2) is 8.78 Å². The van der Waals surface area contributed by atoms with Crippen LogP contribution in [0.15, 0.2) is 36.4 Å². The highest BCUT2D eigenvalue weighted by Crippen LogP contribution is 2.37. The zero-order valence-electron chi connectivity index (χ0n) is 16.1. The summed E-state index contributed by atoms with van der Waals surface area (Å²) >= 11 is 0. The molecule has 1 aliphatic heterocycles. The Morgan fingerprint density at radius 2 is 1.52 bits per heavy atom. The predicted octanol–water partition coefficient (Wildman–Crippen LogP) is 3.85. The van der Waals surface area contributed by atoms with E-state index in [-0.39, 0.29) is 6.61 Å². The topological polar surface area (TPSA) is 36.9 Å². The van der Waals surface area contributed by atoms with E-state index in [0.29, 0.717) is 22.5 Å². The number of methoxy groups -OCH3 is 1. The van der Waals surface area contributed by atoms with Crippen LogP contribution in [-0.2, 0) is 15.9 Å². The zero-order chi connectivity index (χ0) is 19.8. The summed E-state index contributed by atoms with van der Waals surface area (Å²) in [5, 5.41) is 0. The van der Waals surface area contributed by atoms with Gasteiger partial charge in [0.05, 0.1) is 18.3 Å². The van der Waals surface area contributed by atoms with Gasteiger partial charge >= 0.3 is 7.12 Å². The van der Waals surface area contributed by atoms with Crippen molar-refractivity contribution in [2.45, 2.75) is 45.5 Å². The van der Waals surface area contributed by atoms with Crippen molar-refractivity contribution in [3.8, 4) is 11.5 Å². The molecule has 27 heavy (non-hydrogen) atoms. The Bertz CT molecular complexity index is 802. The van der Waals surface area contributed by atoms with Crippen molar-refractivity contribution in [1.29, 1.82) is 0 Å². The van der Waals surface area contributed by atoms with Crippen LogP contribution in [0.5, 0.6) is 11.5 Å². The van der Waals surface area contributed by atoms with Crippen LogP contribution in [0.2, 0.25) is 0 Å². The first-order valence-electron chi connectivity index (χ1n) is 8.73. The van der Waals surface area contributed by atoms with E-state index in [1.165, 1.54) is 12.1 Å². The monoisotopic (exact) mass is 376 g/mol. The summed E-state index contributed by atoms with van der Waals surface area (Å²) in [6.07, 6.45) is 0. The van der Waals surface area contributed by atoms with Crippen LogP contribution < -0.4 is 14.9 Å². The van der Waals surface area contributed by atoms with Crippen molar-refractivity contribution in [3.63, 3.8) is 0 Å². The molecule has 0 N–H and O–H groups in total. The van der Waals surface area contributed by atoms with Gasteiger partial charge in [0.25, 0.3) is 0 Å². The molecule has 0 unspecified atom stereocenters. The number of benzene rings is 2. The summed E-state index contributed by atoms with van der Waals surface area (Å²) in [5.74, 6) is -0.160. The van der Waals surface area contributed by atoms with Gasteiger partial charge in [-0.2, -0.15) is 0 Å². The maximum Gasteiger partial charge on any atom is 0.498 e. The molecule has 0 aliphatic carbocycles. The van der Waals surface area contributed by atoms with Gasteiger partial charge in [-0.05, 0) is 63.6 Å². The molecule has 7 heteroatoms. The smallest absolute Gasteiger partial charge is 0.497 e. The first kappa shape index (κ1) is 19.6. The van der Waals surface area contributed by atoms with Crippen molar-refractivity contribution < 1.29 is 27.6 Å². The number of hydrogen-bond acceptors (Lipinski definition) is 4. The molecule has 0 saturated carbocycles. The molecule has 2 aromatic carbocycles. The van der Waals surface area contributed by atoms with Gasteiger partial charge in [0.2, 0.25) is 0 Å². The molecule has 0 spiro atoms. The lowest BCUT2D eigenvalue weighted by Gasteiger charge is -2.32. The van der Waals surface area contributed by atoms with E-state index in [9.17, 15) is 8.78 Å². The third-order valence-corrected chi connectivity index (χ3v) is 5.04. The Balaban J connectivity index is 1.87. The van der Waals surface area contributed by atoms with Crippen LogP contribution in [0.3, 0.4) is 0 Å². The van der Waals surface area contributed by atoms with Crippen LogP contribution >= 0.6 is 0 Å². The van der Waals surface area contributed by atoms with E-state index in [0.717, 1.165) is 6.07 Å².